The summed E-state index contributed by atoms with van der Waals surface area (Å²) < 4.78 is 16.6. The SMILES string of the molecule is COC(=O)c1cccc(OCC2CCN(c3ccc(NC(=O)c4ccc(Oc5ccc(C)cc5)cc4)cn3)CC2)c1. The summed E-state index contributed by atoms with van der Waals surface area (Å²) in [6.45, 7) is 4.35. The maximum Gasteiger partial charge on any atom is 0.337 e. The van der Waals surface area contributed by atoms with E-state index in [0.717, 1.165) is 37.5 Å². The number of aromatic nitrogens is 1. The fourth-order valence-electron chi connectivity index (χ4n) is 4.64. The molecule has 1 saturated heterocycles. The number of nitrogens with zero attached hydrogens (tertiary/aromatic N) is 2. The minimum absolute atomic E-state index is 0.209. The van der Waals surface area contributed by atoms with Gasteiger partial charge in [-0.15, -0.1) is 0 Å². The summed E-state index contributed by atoms with van der Waals surface area (Å²) in [5, 5.41) is 2.91. The molecule has 0 atom stereocenters. The Kier molecular flexibility index (Phi) is 8.79. The van der Waals surface area contributed by atoms with Gasteiger partial charge in [-0.3, -0.25) is 4.79 Å². The maximum atomic E-state index is 12.8. The van der Waals surface area contributed by atoms with Gasteiger partial charge in [0.05, 0.1) is 31.2 Å². The molecule has 1 N–H and O–H groups in total. The van der Waals surface area contributed by atoms with Crippen molar-refractivity contribution in [1.82, 2.24) is 4.98 Å². The number of hydrogen-bond acceptors (Lipinski definition) is 7. The Morgan fingerprint density at radius 2 is 1.59 bits per heavy atom. The second kappa shape index (κ2) is 13.0. The number of methoxy groups -OCH3 is 1. The van der Waals surface area contributed by atoms with Gasteiger partial charge in [-0.2, -0.15) is 0 Å². The van der Waals surface area contributed by atoms with E-state index in [-0.39, 0.29) is 11.9 Å². The van der Waals surface area contributed by atoms with Crippen LogP contribution in [0.5, 0.6) is 17.2 Å². The molecule has 0 aliphatic carbocycles. The molecule has 2 heterocycles. The molecule has 0 radical (unpaired) electrons. The molecule has 8 heteroatoms. The molecule has 0 saturated carbocycles. The number of piperidine rings is 1. The first-order valence-corrected chi connectivity index (χ1v) is 13.6. The standard InChI is InChI=1S/C33H33N3O5/c1-23-6-11-28(12-7-23)41-29-13-8-25(9-14-29)32(37)35-27-10-15-31(34-21-27)36-18-16-24(17-19-36)22-40-30-5-3-4-26(20-30)33(38)39-2/h3-15,20-21,24H,16-19,22H2,1-2H3,(H,35,37). The van der Waals surface area contributed by atoms with E-state index in [1.54, 1.807) is 48.7 Å². The molecular weight excluding hydrogens is 518 g/mol. The van der Waals surface area contributed by atoms with Crippen LogP contribution in [0.4, 0.5) is 11.5 Å². The van der Waals surface area contributed by atoms with Gasteiger partial charge in [-0.25, -0.2) is 9.78 Å². The molecule has 1 amide bonds. The van der Waals surface area contributed by atoms with Gasteiger partial charge in [-0.1, -0.05) is 23.8 Å². The zero-order valence-electron chi connectivity index (χ0n) is 23.2. The van der Waals surface area contributed by atoms with Crippen molar-refractivity contribution in [3.8, 4) is 17.2 Å². The van der Waals surface area contributed by atoms with Crippen molar-refractivity contribution < 1.29 is 23.8 Å². The number of hydrogen-bond donors (Lipinski definition) is 1. The first kappa shape index (κ1) is 27.7. The summed E-state index contributed by atoms with van der Waals surface area (Å²) in [7, 11) is 1.37. The van der Waals surface area contributed by atoms with Gasteiger partial charge in [0.2, 0.25) is 0 Å². The number of anilines is 2. The lowest BCUT2D eigenvalue weighted by Crippen LogP contribution is -2.36. The third-order valence-corrected chi connectivity index (χ3v) is 7.06. The molecule has 1 fully saturated rings. The van der Waals surface area contributed by atoms with Gasteiger partial charge in [-0.05, 0) is 92.4 Å². The molecule has 0 unspecified atom stereocenters. The van der Waals surface area contributed by atoms with E-state index in [0.29, 0.717) is 40.8 Å². The van der Waals surface area contributed by atoms with Gasteiger partial charge in [0, 0.05) is 18.7 Å². The molecule has 210 valence electrons. The van der Waals surface area contributed by atoms with Crippen LogP contribution < -0.4 is 19.7 Å². The first-order chi connectivity index (χ1) is 20.0. The normalized spacial score (nSPS) is 13.4. The number of nitrogens with one attached hydrogen (secondary N) is 1. The Hall–Kier alpha value is -4.85. The Morgan fingerprint density at radius 3 is 2.24 bits per heavy atom. The summed E-state index contributed by atoms with van der Waals surface area (Å²) in [5.74, 6) is 2.80. The van der Waals surface area contributed by atoms with Crippen LogP contribution in [0.1, 0.15) is 39.1 Å². The van der Waals surface area contributed by atoms with Crippen LogP contribution >= 0.6 is 0 Å². The molecule has 3 aromatic carbocycles. The number of carbonyl (C=O) groups excluding carboxylic acids is 2. The van der Waals surface area contributed by atoms with Gasteiger partial charge < -0.3 is 24.4 Å². The Balaban J connectivity index is 1.08. The summed E-state index contributed by atoms with van der Waals surface area (Å²) in [6, 6.07) is 25.7. The topological polar surface area (TPSA) is 90.0 Å². The molecule has 1 aliphatic heterocycles. The van der Waals surface area contributed by atoms with Crippen LogP contribution in [-0.2, 0) is 4.74 Å². The van der Waals surface area contributed by atoms with Crippen molar-refractivity contribution >= 4 is 23.4 Å². The van der Waals surface area contributed by atoms with Crippen molar-refractivity contribution in [3.05, 3.63) is 108 Å². The number of ether oxygens (including phenoxy) is 3. The summed E-state index contributed by atoms with van der Waals surface area (Å²) >= 11 is 0. The average Bonchev–Trinajstić information content (AvgIpc) is 3.02. The van der Waals surface area contributed by atoms with Gasteiger partial charge >= 0.3 is 5.97 Å². The van der Waals surface area contributed by atoms with E-state index < -0.39 is 0 Å². The van der Waals surface area contributed by atoms with Crippen LogP contribution in [0, 0.1) is 12.8 Å². The van der Waals surface area contributed by atoms with Crippen LogP contribution in [0.3, 0.4) is 0 Å². The predicted octanol–water partition coefficient (Wildman–Crippen LogP) is 6.52. The van der Waals surface area contributed by atoms with Gasteiger partial charge in [0.15, 0.2) is 0 Å². The number of esters is 1. The lowest BCUT2D eigenvalue weighted by molar-refractivity contribution is 0.0600. The fourth-order valence-corrected chi connectivity index (χ4v) is 4.64. The van der Waals surface area contributed by atoms with Crippen LogP contribution in [-0.4, -0.2) is 43.7 Å². The number of pyridine rings is 1. The van der Waals surface area contributed by atoms with Crippen molar-refractivity contribution in [3.63, 3.8) is 0 Å². The molecule has 41 heavy (non-hydrogen) atoms. The molecule has 1 aromatic heterocycles. The highest BCUT2D eigenvalue weighted by Crippen LogP contribution is 2.25. The zero-order valence-corrected chi connectivity index (χ0v) is 23.2. The monoisotopic (exact) mass is 551 g/mol. The van der Waals surface area contributed by atoms with Crippen molar-refractivity contribution in [1.29, 1.82) is 0 Å². The van der Waals surface area contributed by atoms with Crippen LogP contribution in [0.2, 0.25) is 0 Å². The van der Waals surface area contributed by atoms with Crippen LogP contribution in [0.25, 0.3) is 0 Å². The van der Waals surface area contributed by atoms with Gasteiger partial charge in [0.1, 0.15) is 23.1 Å². The maximum absolute atomic E-state index is 12.8. The second-order valence-corrected chi connectivity index (χ2v) is 10.1. The van der Waals surface area contributed by atoms with Crippen molar-refractivity contribution in [2.45, 2.75) is 19.8 Å². The summed E-state index contributed by atoms with van der Waals surface area (Å²) in [5.41, 5.74) is 2.81. The van der Waals surface area contributed by atoms with Crippen molar-refractivity contribution in [2.75, 3.05) is 37.0 Å². The van der Waals surface area contributed by atoms with E-state index in [1.165, 1.54) is 12.7 Å². The molecule has 5 rings (SSSR count). The molecule has 8 nitrogen and oxygen atoms in total. The number of rotatable bonds is 9. The van der Waals surface area contributed by atoms with E-state index in [9.17, 15) is 9.59 Å². The van der Waals surface area contributed by atoms with E-state index in [2.05, 4.69) is 15.2 Å². The van der Waals surface area contributed by atoms with E-state index in [1.807, 2.05) is 49.4 Å². The number of benzene rings is 3. The predicted molar refractivity (Wildman–Crippen MR) is 158 cm³/mol. The number of amides is 1. The molecule has 0 spiro atoms. The third-order valence-electron chi connectivity index (χ3n) is 7.06. The zero-order chi connectivity index (χ0) is 28.6. The first-order valence-electron chi connectivity index (χ1n) is 13.6. The van der Waals surface area contributed by atoms with E-state index in [4.69, 9.17) is 14.2 Å². The highest BCUT2D eigenvalue weighted by molar-refractivity contribution is 6.04. The highest BCUT2D eigenvalue weighted by atomic mass is 16.5. The van der Waals surface area contributed by atoms with E-state index >= 15 is 0 Å². The lowest BCUT2D eigenvalue weighted by Gasteiger charge is -2.32. The number of aryl methyl sites for hydroxylation is 1. The molecule has 1 aliphatic rings. The minimum atomic E-state index is -0.375. The van der Waals surface area contributed by atoms with Crippen LogP contribution in [0.15, 0.2) is 91.1 Å². The average molecular weight is 552 g/mol. The smallest absolute Gasteiger partial charge is 0.337 e. The fraction of sp³-hybridized carbons (Fsp3) is 0.242. The van der Waals surface area contributed by atoms with Crippen molar-refractivity contribution in [2.24, 2.45) is 5.92 Å². The Morgan fingerprint density at radius 1 is 0.878 bits per heavy atom. The number of carbonyl (C=O) groups is 2. The third kappa shape index (κ3) is 7.42. The molecule has 4 aromatic rings. The lowest BCUT2D eigenvalue weighted by atomic mass is 9.98. The van der Waals surface area contributed by atoms with Gasteiger partial charge in [0.25, 0.3) is 5.91 Å². The molecule has 0 bridgehead atoms. The Bertz CT molecular complexity index is 1460. The Labute approximate surface area is 239 Å². The summed E-state index contributed by atoms with van der Waals surface area (Å²) in [6.07, 6.45) is 3.63. The summed E-state index contributed by atoms with van der Waals surface area (Å²) in [4.78, 5) is 31.3. The molecular formula is C33H33N3O5. The largest absolute Gasteiger partial charge is 0.493 e. The second-order valence-electron chi connectivity index (χ2n) is 10.1. The quantitative estimate of drug-likeness (QED) is 0.237. The minimum Gasteiger partial charge on any atom is -0.493 e. The highest BCUT2D eigenvalue weighted by Gasteiger charge is 2.21.